The van der Waals surface area contributed by atoms with Crippen molar-refractivity contribution in [1.29, 1.82) is 0 Å². The normalized spacial score (nSPS) is 13.6. The summed E-state index contributed by atoms with van der Waals surface area (Å²) in [4.78, 5) is 15.9. The molecule has 1 aromatic heterocycles. The molecule has 0 saturated carbocycles. The van der Waals surface area contributed by atoms with Crippen molar-refractivity contribution in [3.8, 4) is 10.4 Å². The Morgan fingerprint density at radius 1 is 1.19 bits per heavy atom. The molecule has 2 aromatic carbocycles. The number of nitrogens with one attached hydrogen (secondary N) is 1. The van der Waals surface area contributed by atoms with Crippen LogP contribution in [0.4, 0.5) is 0 Å². The highest BCUT2D eigenvalue weighted by Gasteiger charge is 2.22. The van der Waals surface area contributed by atoms with Gasteiger partial charge in [0.05, 0.1) is 4.88 Å². The molecule has 0 aliphatic carbocycles. The third kappa shape index (κ3) is 4.23. The van der Waals surface area contributed by atoms with Gasteiger partial charge >= 0.3 is 0 Å². The van der Waals surface area contributed by atoms with E-state index >= 15 is 0 Å². The highest BCUT2D eigenvalue weighted by molar-refractivity contribution is 7.98. The standard InChI is InChI=1S/C22H20ClNOS2/c1-14(7-8-15-5-3-2-4-6-15)24-22(25)20-11-16-13-26-19-12-17(23)9-10-18(19)21(16)27-20/h2-6,9-12,14H,7-8,13H2,1H3,(H,24,25). The number of thiophene rings is 1. The molecule has 1 N–H and O–H groups in total. The van der Waals surface area contributed by atoms with Gasteiger partial charge in [-0.05, 0) is 49.1 Å². The van der Waals surface area contributed by atoms with Gasteiger partial charge < -0.3 is 5.32 Å². The van der Waals surface area contributed by atoms with Crippen molar-refractivity contribution in [2.24, 2.45) is 0 Å². The Labute approximate surface area is 173 Å². The molecule has 4 rings (SSSR count). The number of amides is 1. The molecule has 1 atom stereocenters. The molecule has 5 heteroatoms. The van der Waals surface area contributed by atoms with Crippen molar-refractivity contribution in [3.05, 3.63) is 75.6 Å². The van der Waals surface area contributed by atoms with Crippen molar-refractivity contribution in [1.82, 2.24) is 5.32 Å². The monoisotopic (exact) mass is 413 g/mol. The van der Waals surface area contributed by atoms with E-state index in [1.807, 2.05) is 24.3 Å². The van der Waals surface area contributed by atoms with E-state index in [9.17, 15) is 4.79 Å². The predicted molar refractivity (Wildman–Crippen MR) is 116 cm³/mol. The number of hydrogen-bond acceptors (Lipinski definition) is 3. The van der Waals surface area contributed by atoms with Crippen LogP contribution in [0.15, 0.2) is 59.5 Å². The summed E-state index contributed by atoms with van der Waals surface area (Å²) in [5.74, 6) is 0.909. The summed E-state index contributed by atoms with van der Waals surface area (Å²) in [6, 6.07) is 18.6. The molecule has 1 aliphatic heterocycles. The molecule has 0 saturated heterocycles. The highest BCUT2D eigenvalue weighted by Crippen LogP contribution is 2.46. The molecule has 0 spiro atoms. The molecule has 2 nitrogen and oxygen atoms in total. The summed E-state index contributed by atoms with van der Waals surface area (Å²) in [7, 11) is 0. The smallest absolute Gasteiger partial charge is 0.261 e. The van der Waals surface area contributed by atoms with Crippen LogP contribution in [0.25, 0.3) is 10.4 Å². The molecule has 27 heavy (non-hydrogen) atoms. The lowest BCUT2D eigenvalue weighted by atomic mass is 10.1. The van der Waals surface area contributed by atoms with E-state index in [2.05, 4.69) is 42.6 Å². The number of benzene rings is 2. The minimum absolute atomic E-state index is 0.0236. The van der Waals surface area contributed by atoms with E-state index in [0.29, 0.717) is 0 Å². The minimum Gasteiger partial charge on any atom is -0.349 e. The average Bonchev–Trinajstić information content (AvgIpc) is 3.12. The maximum absolute atomic E-state index is 12.7. The van der Waals surface area contributed by atoms with Crippen molar-refractivity contribution < 1.29 is 4.79 Å². The Balaban J connectivity index is 1.44. The summed E-state index contributed by atoms with van der Waals surface area (Å²) in [6.45, 7) is 2.07. The fourth-order valence-corrected chi connectivity index (χ4v) is 5.82. The van der Waals surface area contributed by atoms with Gasteiger partial charge in [-0.15, -0.1) is 23.1 Å². The molecular weight excluding hydrogens is 394 g/mol. The summed E-state index contributed by atoms with van der Waals surface area (Å²) >= 11 is 9.48. The summed E-state index contributed by atoms with van der Waals surface area (Å²) in [6.07, 6.45) is 1.89. The Morgan fingerprint density at radius 2 is 2.00 bits per heavy atom. The molecule has 1 amide bonds. The second-order valence-electron chi connectivity index (χ2n) is 6.79. The fourth-order valence-electron chi connectivity index (χ4n) is 3.23. The fraction of sp³-hybridized carbons (Fsp3) is 0.227. The molecule has 1 unspecified atom stereocenters. The lowest BCUT2D eigenvalue weighted by Crippen LogP contribution is -2.32. The zero-order valence-corrected chi connectivity index (χ0v) is 17.4. The van der Waals surface area contributed by atoms with Crippen molar-refractivity contribution in [2.45, 2.75) is 36.5 Å². The van der Waals surface area contributed by atoms with Crippen LogP contribution < -0.4 is 5.32 Å². The first kappa shape index (κ1) is 18.6. The number of carbonyl (C=O) groups is 1. The molecular formula is C22H20ClNOS2. The maximum Gasteiger partial charge on any atom is 0.261 e. The van der Waals surface area contributed by atoms with Gasteiger partial charge in [0.1, 0.15) is 0 Å². The molecule has 0 radical (unpaired) electrons. The second-order valence-corrected chi connectivity index (χ2v) is 9.30. The Morgan fingerprint density at radius 3 is 2.81 bits per heavy atom. The van der Waals surface area contributed by atoms with Gasteiger partial charge in [-0.3, -0.25) is 4.79 Å². The summed E-state index contributed by atoms with van der Waals surface area (Å²) in [5, 5.41) is 3.91. The van der Waals surface area contributed by atoms with Gasteiger partial charge in [-0.25, -0.2) is 0 Å². The van der Waals surface area contributed by atoms with Crippen LogP contribution in [-0.2, 0) is 12.2 Å². The van der Waals surface area contributed by atoms with Crippen LogP contribution in [0.5, 0.6) is 0 Å². The first-order valence-electron chi connectivity index (χ1n) is 9.00. The van der Waals surface area contributed by atoms with Gasteiger partial charge in [0.2, 0.25) is 0 Å². The van der Waals surface area contributed by atoms with Gasteiger partial charge in [0.25, 0.3) is 5.91 Å². The van der Waals surface area contributed by atoms with Gasteiger partial charge in [-0.2, -0.15) is 0 Å². The Hall–Kier alpha value is -1.75. The number of rotatable bonds is 5. The Bertz CT molecular complexity index is 968. The number of fused-ring (bicyclic) bond motifs is 3. The van der Waals surface area contributed by atoms with Crippen LogP contribution in [-0.4, -0.2) is 11.9 Å². The average molecular weight is 414 g/mol. The van der Waals surface area contributed by atoms with Crippen molar-refractivity contribution in [2.75, 3.05) is 0 Å². The highest BCUT2D eigenvalue weighted by atomic mass is 35.5. The quantitative estimate of drug-likeness (QED) is 0.522. The lowest BCUT2D eigenvalue weighted by Gasteiger charge is -2.15. The van der Waals surface area contributed by atoms with E-state index < -0.39 is 0 Å². The maximum atomic E-state index is 12.7. The number of carbonyl (C=O) groups excluding carboxylic acids is 1. The molecule has 0 bridgehead atoms. The molecule has 138 valence electrons. The zero-order valence-electron chi connectivity index (χ0n) is 15.0. The predicted octanol–water partition coefficient (Wildman–Crippen LogP) is 6.43. The second kappa shape index (κ2) is 8.09. The number of hydrogen-bond donors (Lipinski definition) is 1. The molecule has 1 aliphatic rings. The van der Waals surface area contributed by atoms with Gasteiger partial charge in [0.15, 0.2) is 0 Å². The summed E-state index contributed by atoms with van der Waals surface area (Å²) in [5.41, 5.74) is 3.73. The number of halogens is 1. The SMILES string of the molecule is CC(CCc1ccccc1)NC(=O)c1cc2c(s1)-c1ccc(Cl)cc1SC2. The minimum atomic E-state index is 0.0236. The van der Waals surface area contributed by atoms with E-state index in [4.69, 9.17) is 11.6 Å². The van der Waals surface area contributed by atoms with Crippen molar-refractivity contribution >= 4 is 40.6 Å². The van der Waals surface area contributed by atoms with E-state index in [1.165, 1.54) is 26.5 Å². The molecule has 0 fully saturated rings. The van der Waals surface area contributed by atoms with Crippen LogP contribution >= 0.6 is 34.7 Å². The molecule has 2 heterocycles. The van der Waals surface area contributed by atoms with E-state index in [1.54, 1.807) is 23.1 Å². The third-order valence-corrected chi connectivity index (χ3v) is 7.24. The number of aryl methyl sites for hydroxylation is 1. The molecule has 3 aromatic rings. The van der Waals surface area contributed by atoms with Crippen molar-refractivity contribution in [3.63, 3.8) is 0 Å². The third-order valence-electron chi connectivity index (χ3n) is 4.69. The zero-order chi connectivity index (χ0) is 18.8. The Kier molecular flexibility index (Phi) is 5.58. The first-order valence-corrected chi connectivity index (χ1v) is 11.2. The number of thioether (sulfide) groups is 1. The lowest BCUT2D eigenvalue weighted by molar-refractivity contribution is 0.0942. The van der Waals surface area contributed by atoms with E-state index in [0.717, 1.165) is 28.5 Å². The topological polar surface area (TPSA) is 29.1 Å². The van der Waals surface area contributed by atoms with Gasteiger partial charge in [0, 0.05) is 32.2 Å². The summed E-state index contributed by atoms with van der Waals surface area (Å²) < 4.78 is 0. The van der Waals surface area contributed by atoms with Crippen LogP contribution in [0.3, 0.4) is 0 Å². The largest absolute Gasteiger partial charge is 0.349 e. The van der Waals surface area contributed by atoms with Gasteiger partial charge in [-0.1, -0.05) is 48.0 Å². The first-order chi connectivity index (χ1) is 13.1. The van der Waals surface area contributed by atoms with Crippen LogP contribution in [0, 0.1) is 0 Å². The van der Waals surface area contributed by atoms with E-state index in [-0.39, 0.29) is 11.9 Å². The van der Waals surface area contributed by atoms with Crippen LogP contribution in [0.1, 0.15) is 34.1 Å². The van der Waals surface area contributed by atoms with Crippen LogP contribution in [0.2, 0.25) is 5.02 Å².